The minimum atomic E-state index is -4.41. The second-order valence-electron chi connectivity index (χ2n) is 2.88. The quantitative estimate of drug-likeness (QED) is 0.664. The fourth-order valence-corrected chi connectivity index (χ4v) is 1.12. The van der Waals surface area contributed by atoms with Crippen molar-refractivity contribution in [3.05, 3.63) is 0 Å². The van der Waals surface area contributed by atoms with E-state index >= 15 is 0 Å². The SMILES string of the molecule is CC1(C)OC[C@H](OSC(F)(F)F)O1. The summed E-state index contributed by atoms with van der Waals surface area (Å²) in [7, 11) is 0. The molecule has 0 saturated carbocycles. The number of halogens is 3. The van der Waals surface area contributed by atoms with Gasteiger partial charge in [-0.3, -0.25) is 4.18 Å². The first kappa shape index (κ1) is 11.1. The van der Waals surface area contributed by atoms with E-state index in [1.807, 2.05) is 0 Å². The monoisotopic (exact) mass is 218 g/mol. The molecular weight excluding hydrogens is 209 g/mol. The van der Waals surface area contributed by atoms with Crippen molar-refractivity contribution in [3.8, 4) is 0 Å². The number of rotatable bonds is 2. The normalized spacial score (nSPS) is 27.9. The maximum atomic E-state index is 11.6. The van der Waals surface area contributed by atoms with Gasteiger partial charge in [0.15, 0.2) is 12.1 Å². The molecule has 1 aliphatic heterocycles. The highest BCUT2D eigenvalue weighted by atomic mass is 32.2. The largest absolute Gasteiger partial charge is 0.468 e. The Morgan fingerprint density at radius 1 is 1.46 bits per heavy atom. The van der Waals surface area contributed by atoms with Gasteiger partial charge >= 0.3 is 5.51 Å². The van der Waals surface area contributed by atoms with Crippen molar-refractivity contribution in [3.63, 3.8) is 0 Å². The molecule has 3 nitrogen and oxygen atoms in total. The predicted octanol–water partition coefficient (Wildman–Crippen LogP) is 2.28. The fourth-order valence-electron chi connectivity index (χ4n) is 0.809. The van der Waals surface area contributed by atoms with Crippen molar-refractivity contribution in [1.82, 2.24) is 0 Å². The van der Waals surface area contributed by atoms with Crippen LogP contribution in [0.2, 0.25) is 0 Å². The van der Waals surface area contributed by atoms with Gasteiger partial charge in [-0.25, -0.2) is 0 Å². The van der Waals surface area contributed by atoms with Crippen LogP contribution in [0.1, 0.15) is 13.8 Å². The zero-order valence-corrected chi connectivity index (χ0v) is 7.87. The molecule has 0 spiro atoms. The molecule has 13 heavy (non-hydrogen) atoms. The van der Waals surface area contributed by atoms with Crippen molar-refractivity contribution in [2.45, 2.75) is 31.4 Å². The van der Waals surface area contributed by atoms with Gasteiger partial charge in [-0.2, -0.15) is 13.2 Å². The Morgan fingerprint density at radius 2 is 2.08 bits per heavy atom. The Labute approximate surface area is 77.7 Å². The van der Waals surface area contributed by atoms with Crippen molar-refractivity contribution in [2.24, 2.45) is 0 Å². The van der Waals surface area contributed by atoms with Gasteiger partial charge in [-0.15, -0.1) is 0 Å². The molecule has 0 N–H and O–H groups in total. The maximum absolute atomic E-state index is 11.6. The van der Waals surface area contributed by atoms with E-state index in [4.69, 9.17) is 9.47 Å². The Morgan fingerprint density at radius 3 is 2.46 bits per heavy atom. The number of hydrogen-bond acceptors (Lipinski definition) is 4. The van der Waals surface area contributed by atoms with Crippen molar-refractivity contribution < 1.29 is 26.8 Å². The molecule has 1 rings (SSSR count). The summed E-state index contributed by atoms with van der Waals surface area (Å²) in [5.41, 5.74) is -4.41. The lowest BCUT2D eigenvalue weighted by Gasteiger charge is -2.16. The number of alkyl halides is 3. The molecule has 1 heterocycles. The summed E-state index contributed by atoms with van der Waals surface area (Å²) in [6.45, 7) is 3.22. The van der Waals surface area contributed by atoms with Crippen molar-refractivity contribution >= 4 is 12.0 Å². The minimum absolute atomic E-state index is 0.0100. The van der Waals surface area contributed by atoms with E-state index in [0.717, 1.165) is 0 Å². The van der Waals surface area contributed by atoms with Crippen LogP contribution in [0, 0.1) is 0 Å². The summed E-state index contributed by atoms with van der Waals surface area (Å²) >= 11 is -0.573. The second-order valence-corrected chi connectivity index (χ2v) is 3.71. The van der Waals surface area contributed by atoms with Gasteiger partial charge in [0.2, 0.25) is 0 Å². The third-order valence-electron chi connectivity index (χ3n) is 1.23. The van der Waals surface area contributed by atoms with Gasteiger partial charge in [0.1, 0.15) is 18.6 Å². The van der Waals surface area contributed by atoms with Crippen molar-refractivity contribution in [1.29, 1.82) is 0 Å². The highest BCUT2D eigenvalue weighted by Gasteiger charge is 2.38. The lowest BCUT2D eigenvalue weighted by Crippen LogP contribution is -2.22. The van der Waals surface area contributed by atoms with Crippen LogP contribution in [0.4, 0.5) is 13.2 Å². The predicted molar refractivity (Wildman–Crippen MR) is 39.6 cm³/mol. The average Bonchev–Trinajstić information content (AvgIpc) is 2.24. The van der Waals surface area contributed by atoms with E-state index in [9.17, 15) is 13.2 Å². The van der Waals surface area contributed by atoms with Crippen LogP contribution in [0.25, 0.3) is 0 Å². The topological polar surface area (TPSA) is 27.7 Å². The fraction of sp³-hybridized carbons (Fsp3) is 1.00. The van der Waals surface area contributed by atoms with Gasteiger partial charge in [0.05, 0.1) is 0 Å². The van der Waals surface area contributed by atoms with E-state index in [0.29, 0.717) is 0 Å². The molecule has 0 radical (unpaired) electrons. The molecular formula is C6H9F3O3S. The number of ether oxygens (including phenoxy) is 2. The van der Waals surface area contributed by atoms with Crippen LogP contribution in [0.15, 0.2) is 0 Å². The summed E-state index contributed by atoms with van der Waals surface area (Å²) in [5.74, 6) is -0.864. The molecule has 7 heteroatoms. The highest BCUT2D eigenvalue weighted by Crippen LogP contribution is 2.34. The van der Waals surface area contributed by atoms with Gasteiger partial charge in [-0.1, -0.05) is 0 Å². The molecule has 0 aliphatic carbocycles. The molecule has 1 saturated heterocycles. The summed E-state index contributed by atoms with van der Waals surface area (Å²) in [5, 5.41) is 0. The smallest absolute Gasteiger partial charge is 0.345 e. The van der Waals surface area contributed by atoms with E-state index in [2.05, 4.69) is 4.18 Å². The first-order chi connectivity index (χ1) is 5.79. The summed E-state index contributed by atoms with van der Waals surface area (Å²) in [6, 6.07) is 0. The van der Waals surface area contributed by atoms with Crippen LogP contribution in [-0.2, 0) is 13.7 Å². The van der Waals surface area contributed by atoms with Gasteiger partial charge in [0.25, 0.3) is 0 Å². The number of hydrogen-bond donors (Lipinski definition) is 0. The molecule has 0 bridgehead atoms. The van der Waals surface area contributed by atoms with Gasteiger partial charge < -0.3 is 9.47 Å². The zero-order chi connectivity index (χ0) is 10.1. The summed E-state index contributed by atoms with van der Waals surface area (Å²) in [6.07, 6.45) is -0.957. The third-order valence-corrected chi connectivity index (χ3v) is 1.73. The van der Waals surface area contributed by atoms with Gasteiger partial charge in [-0.05, 0) is 13.8 Å². The molecule has 1 aliphatic rings. The molecule has 0 amide bonds. The highest BCUT2D eigenvalue weighted by molar-refractivity contribution is 7.95. The molecule has 0 aromatic rings. The van der Waals surface area contributed by atoms with E-state index in [-0.39, 0.29) is 6.61 Å². The van der Waals surface area contributed by atoms with E-state index in [1.165, 1.54) is 0 Å². The molecule has 0 unspecified atom stereocenters. The van der Waals surface area contributed by atoms with E-state index in [1.54, 1.807) is 13.8 Å². The van der Waals surface area contributed by atoms with Crippen LogP contribution >= 0.6 is 12.0 Å². The zero-order valence-electron chi connectivity index (χ0n) is 7.05. The summed E-state index contributed by atoms with van der Waals surface area (Å²) < 4.78 is 49.2. The molecule has 78 valence electrons. The lowest BCUT2D eigenvalue weighted by atomic mass is 10.4. The standard InChI is InChI=1S/C6H9F3O3S/c1-5(2)10-3-4(11-5)12-13-6(7,8)9/h4H,3H2,1-2H3/t4-/m0/s1. The van der Waals surface area contributed by atoms with Crippen LogP contribution in [0.5, 0.6) is 0 Å². The van der Waals surface area contributed by atoms with Crippen LogP contribution < -0.4 is 0 Å². The minimum Gasteiger partial charge on any atom is -0.345 e. The summed E-state index contributed by atoms with van der Waals surface area (Å²) in [4.78, 5) is 0. The molecule has 1 fully saturated rings. The molecule has 0 aromatic carbocycles. The Balaban J connectivity index is 2.25. The van der Waals surface area contributed by atoms with Crippen molar-refractivity contribution in [2.75, 3.05) is 6.61 Å². The van der Waals surface area contributed by atoms with E-state index < -0.39 is 29.6 Å². The molecule has 0 aromatic heterocycles. The maximum Gasteiger partial charge on any atom is 0.468 e. The molecule has 1 atom stereocenters. The second kappa shape index (κ2) is 3.64. The van der Waals surface area contributed by atoms with Crippen LogP contribution in [0.3, 0.4) is 0 Å². The Kier molecular flexibility index (Phi) is 3.11. The Bertz CT molecular complexity index is 182. The third kappa shape index (κ3) is 4.17. The Hall–Kier alpha value is 0.0200. The first-order valence-corrected chi connectivity index (χ1v) is 4.26. The van der Waals surface area contributed by atoms with Gasteiger partial charge in [0, 0.05) is 0 Å². The first-order valence-electron chi connectivity index (χ1n) is 3.51. The average molecular weight is 218 g/mol. The lowest BCUT2D eigenvalue weighted by molar-refractivity contribution is -0.166. The van der Waals surface area contributed by atoms with Crippen LogP contribution in [-0.4, -0.2) is 24.2 Å².